The summed E-state index contributed by atoms with van der Waals surface area (Å²) in [5.74, 6) is 0.783. The Hall–Kier alpha value is -0.0800. The monoisotopic (exact) mass is 199 g/mol. The van der Waals surface area contributed by atoms with Crippen molar-refractivity contribution in [3.05, 3.63) is 0 Å². The van der Waals surface area contributed by atoms with Crippen LogP contribution in [-0.4, -0.2) is 35.7 Å². The molecule has 14 heavy (non-hydrogen) atoms. The SMILES string of the molecule is CCC(CC)N1CCC(CCO)CC1. The van der Waals surface area contributed by atoms with Crippen molar-refractivity contribution in [2.45, 2.75) is 52.0 Å². The molecule has 1 N–H and O–H groups in total. The summed E-state index contributed by atoms with van der Waals surface area (Å²) in [5, 5.41) is 8.87. The van der Waals surface area contributed by atoms with Crippen molar-refractivity contribution < 1.29 is 5.11 Å². The van der Waals surface area contributed by atoms with Crippen LogP contribution in [0.3, 0.4) is 0 Å². The van der Waals surface area contributed by atoms with E-state index >= 15 is 0 Å². The molecule has 1 aliphatic heterocycles. The quantitative estimate of drug-likeness (QED) is 0.734. The third-order valence-corrected chi connectivity index (χ3v) is 3.65. The normalized spacial score (nSPS) is 20.6. The molecule has 0 radical (unpaired) electrons. The van der Waals surface area contributed by atoms with E-state index in [4.69, 9.17) is 5.11 Å². The molecule has 1 rings (SSSR count). The van der Waals surface area contributed by atoms with E-state index in [2.05, 4.69) is 18.7 Å². The second-order valence-electron chi connectivity index (χ2n) is 4.46. The Bertz CT molecular complexity index is 137. The average molecular weight is 199 g/mol. The molecule has 2 nitrogen and oxygen atoms in total. The maximum absolute atomic E-state index is 8.87. The van der Waals surface area contributed by atoms with Crippen LogP contribution in [0.25, 0.3) is 0 Å². The van der Waals surface area contributed by atoms with Crippen LogP contribution in [0.5, 0.6) is 0 Å². The van der Waals surface area contributed by atoms with Gasteiger partial charge < -0.3 is 10.0 Å². The number of nitrogens with zero attached hydrogens (tertiary/aromatic N) is 1. The predicted octanol–water partition coefficient (Wildman–Crippen LogP) is 2.27. The Morgan fingerprint density at radius 3 is 2.21 bits per heavy atom. The Labute approximate surface area is 88.3 Å². The summed E-state index contributed by atoms with van der Waals surface area (Å²) in [4.78, 5) is 2.63. The summed E-state index contributed by atoms with van der Waals surface area (Å²) in [7, 11) is 0. The number of hydrogen-bond donors (Lipinski definition) is 1. The fourth-order valence-electron chi connectivity index (χ4n) is 2.59. The van der Waals surface area contributed by atoms with E-state index in [0.717, 1.165) is 18.4 Å². The van der Waals surface area contributed by atoms with Gasteiger partial charge in [-0.1, -0.05) is 13.8 Å². The molecule has 0 unspecified atom stereocenters. The Morgan fingerprint density at radius 1 is 1.21 bits per heavy atom. The van der Waals surface area contributed by atoms with Crippen LogP contribution in [0.1, 0.15) is 46.0 Å². The minimum absolute atomic E-state index is 0.371. The average Bonchev–Trinajstić information content (AvgIpc) is 2.23. The maximum Gasteiger partial charge on any atom is 0.0433 e. The minimum atomic E-state index is 0.371. The lowest BCUT2D eigenvalue weighted by molar-refractivity contribution is 0.113. The molecule has 84 valence electrons. The molecular formula is C12H25NO. The number of rotatable bonds is 5. The van der Waals surface area contributed by atoms with E-state index in [1.165, 1.54) is 38.8 Å². The van der Waals surface area contributed by atoms with Crippen LogP contribution in [0.15, 0.2) is 0 Å². The van der Waals surface area contributed by atoms with Gasteiger partial charge in [0.25, 0.3) is 0 Å². The second-order valence-corrected chi connectivity index (χ2v) is 4.46. The van der Waals surface area contributed by atoms with Crippen molar-refractivity contribution in [3.63, 3.8) is 0 Å². The van der Waals surface area contributed by atoms with E-state index in [-0.39, 0.29) is 0 Å². The molecule has 0 aromatic carbocycles. The molecule has 1 aliphatic rings. The lowest BCUT2D eigenvalue weighted by atomic mass is 9.92. The van der Waals surface area contributed by atoms with Gasteiger partial charge in [0, 0.05) is 12.6 Å². The van der Waals surface area contributed by atoms with Gasteiger partial charge in [-0.25, -0.2) is 0 Å². The molecule has 1 fully saturated rings. The van der Waals surface area contributed by atoms with Crippen LogP contribution < -0.4 is 0 Å². The number of aliphatic hydroxyl groups is 1. The van der Waals surface area contributed by atoms with Crippen molar-refractivity contribution >= 4 is 0 Å². The summed E-state index contributed by atoms with van der Waals surface area (Å²) in [6, 6.07) is 0.796. The highest BCUT2D eigenvalue weighted by Crippen LogP contribution is 2.23. The largest absolute Gasteiger partial charge is 0.396 e. The smallest absolute Gasteiger partial charge is 0.0433 e. The topological polar surface area (TPSA) is 23.5 Å². The Kier molecular flexibility index (Phi) is 5.49. The molecule has 0 saturated carbocycles. The molecular weight excluding hydrogens is 174 g/mol. The van der Waals surface area contributed by atoms with Gasteiger partial charge in [-0.2, -0.15) is 0 Å². The van der Waals surface area contributed by atoms with Gasteiger partial charge >= 0.3 is 0 Å². The summed E-state index contributed by atoms with van der Waals surface area (Å²) >= 11 is 0. The lowest BCUT2D eigenvalue weighted by Gasteiger charge is -2.36. The van der Waals surface area contributed by atoms with Crippen LogP contribution >= 0.6 is 0 Å². The highest BCUT2D eigenvalue weighted by Gasteiger charge is 2.22. The van der Waals surface area contributed by atoms with E-state index in [1.807, 2.05) is 0 Å². The molecule has 0 aromatic heterocycles. The third-order valence-electron chi connectivity index (χ3n) is 3.65. The number of piperidine rings is 1. The third kappa shape index (κ3) is 3.25. The molecule has 0 aromatic rings. The van der Waals surface area contributed by atoms with Gasteiger partial charge in [-0.15, -0.1) is 0 Å². The minimum Gasteiger partial charge on any atom is -0.396 e. The zero-order chi connectivity index (χ0) is 10.4. The maximum atomic E-state index is 8.87. The lowest BCUT2D eigenvalue weighted by Crippen LogP contribution is -2.41. The molecule has 0 atom stereocenters. The summed E-state index contributed by atoms with van der Waals surface area (Å²) in [6.45, 7) is 7.44. The molecule has 1 saturated heterocycles. The van der Waals surface area contributed by atoms with Crippen LogP contribution in [0, 0.1) is 5.92 Å². The van der Waals surface area contributed by atoms with Crippen molar-refractivity contribution in [2.24, 2.45) is 5.92 Å². The second kappa shape index (κ2) is 6.41. The van der Waals surface area contributed by atoms with Gasteiger partial charge in [0.15, 0.2) is 0 Å². The van der Waals surface area contributed by atoms with Crippen molar-refractivity contribution in [1.82, 2.24) is 4.90 Å². The van der Waals surface area contributed by atoms with Crippen molar-refractivity contribution in [1.29, 1.82) is 0 Å². The first-order chi connectivity index (χ1) is 6.81. The highest BCUT2D eigenvalue weighted by atomic mass is 16.3. The van der Waals surface area contributed by atoms with Gasteiger partial charge in [-0.3, -0.25) is 0 Å². The standard InChI is InChI=1S/C12H25NO/c1-3-12(4-2)13-8-5-11(6-9-13)7-10-14/h11-12,14H,3-10H2,1-2H3. The molecule has 1 heterocycles. The van der Waals surface area contributed by atoms with Crippen molar-refractivity contribution in [2.75, 3.05) is 19.7 Å². The molecule has 0 spiro atoms. The molecule has 0 aliphatic carbocycles. The first-order valence-electron chi connectivity index (χ1n) is 6.16. The molecule has 2 heteroatoms. The fraction of sp³-hybridized carbons (Fsp3) is 1.00. The highest BCUT2D eigenvalue weighted by molar-refractivity contribution is 4.76. The zero-order valence-electron chi connectivity index (χ0n) is 9.71. The number of likely N-dealkylation sites (tertiary alicyclic amines) is 1. The Balaban J connectivity index is 2.27. The van der Waals surface area contributed by atoms with E-state index in [9.17, 15) is 0 Å². The fourth-order valence-corrected chi connectivity index (χ4v) is 2.59. The van der Waals surface area contributed by atoms with Crippen LogP contribution in [0.4, 0.5) is 0 Å². The van der Waals surface area contributed by atoms with E-state index < -0.39 is 0 Å². The summed E-state index contributed by atoms with van der Waals surface area (Å²) in [6.07, 6.45) is 6.15. The predicted molar refractivity (Wildman–Crippen MR) is 60.4 cm³/mol. The van der Waals surface area contributed by atoms with Crippen LogP contribution in [0.2, 0.25) is 0 Å². The number of aliphatic hydroxyl groups excluding tert-OH is 1. The first kappa shape index (κ1) is 12.0. The van der Waals surface area contributed by atoms with Gasteiger partial charge in [0.2, 0.25) is 0 Å². The van der Waals surface area contributed by atoms with Crippen molar-refractivity contribution in [3.8, 4) is 0 Å². The number of hydrogen-bond acceptors (Lipinski definition) is 2. The summed E-state index contributed by atoms with van der Waals surface area (Å²) in [5.41, 5.74) is 0. The van der Waals surface area contributed by atoms with E-state index in [1.54, 1.807) is 0 Å². The Morgan fingerprint density at radius 2 is 1.79 bits per heavy atom. The van der Waals surface area contributed by atoms with Crippen LogP contribution in [-0.2, 0) is 0 Å². The molecule has 0 bridgehead atoms. The van der Waals surface area contributed by atoms with Gasteiger partial charge in [-0.05, 0) is 51.1 Å². The zero-order valence-corrected chi connectivity index (χ0v) is 9.71. The summed E-state index contributed by atoms with van der Waals surface area (Å²) < 4.78 is 0. The molecule has 0 amide bonds. The van der Waals surface area contributed by atoms with E-state index in [0.29, 0.717) is 6.61 Å². The van der Waals surface area contributed by atoms with Gasteiger partial charge in [0.05, 0.1) is 0 Å². The van der Waals surface area contributed by atoms with Gasteiger partial charge in [0.1, 0.15) is 0 Å². The first-order valence-corrected chi connectivity index (χ1v) is 6.16.